The topological polar surface area (TPSA) is 21.3 Å². The van der Waals surface area contributed by atoms with Crippen LogP contribution in [0, 0.1) is 5.92 Å². The van der Waals surface area contributed by atoms with Gasteiger partial charge in [-0.05, 0) is 25.8 Å². The molecule has 0 aromatic heterocycles. The van der Waals surface area contributed by atoms with E-state index in [-0.39, 0.29) is 0 Å². The number of hydrogen-bond donors (Lipinski definition) is 1. The average Bonchev–Trinajstić information content (AvgIpc) is 2.00. The lowest BCUT2D eigenvalue weighted by Gasteiger charge is -2.15. The van der Waals surface area contributed by atoms with Gasteiger partial charge in [-0.15, -0.1) is 0 Å². The van der Waals surface area contributed by atoms with Crippen LogP contribution in [-0.2, 0) is 4.74 Å². The van der Waals surface area contributed by atoms with Crippen LogP contribution in [0.4, 0.5) is 0 Å². The summed E-state index contributed by atoms with van der Waals surface area (Å²) >= 11 is 2.32. The first-order valence-electron chi connectivity index (χ1n) is 4.00. The molecule has 3 heteroatoms. The van der Waals surface area contributed by atoms with Gasteiger partial charge < -0.3 is 10.1 Å². The highest BCUT2D eigenvalue weighted by Gasteiger charge is 2.06. The molecule has 0 saturated carbocycles. The van der Waals surface area contributed by atoms with Crippen LogP contribution in [0.1, 0.15) is 20.3 Å². The maximum atomic E-state index is 5.17. The van der Waals surface area contributed by atoms with Gasteiger partial charge in [-0.25, -0.2) is 0 Å². The number of rotatable bonds is 6. The van der Waals surface area contributed by atoms with Gasteiger partial charge in [-0.3, -0.25) is 0 Å². The fraction of sp³-hybridized carbons (Fsp3) is 1.00. The molecule has 2 atom stereocenters. The molecule has 0 radical (unpaired) electrons. The molecule has 2 unspecified atom stereocenters. The van der Waals surface area contributed by atoms with Crippen molar-refractivity contribution in [2.75, 3.05) is 18.2 Å². The number of nitrogens with one attached hydrogen (secondary N) is 1. The Morgan fingerprint density at radius 1 is 1.45 bits per heavy atom. The summed E-state index contributed by atoms with van der Waals surface area (Å²) in [7, 11) is 1.77. The molecule has 0 aliphatic carbocycles. The van der Waals surface area contributed by atoms with E-state index >= 15 is 0 Å². The maximum absolute atomic E-state index is 5.17. The Morgan fingerprint density at radius 2 is 2.09 bits per heavy atom. The molecule has 0 saturated heterocycles. The predicted molar refractivity (Wildman–Crippen MR) is 57.1 cm³/mol. The second-order valence-electron chi connectivity index (χ2n) is 2.97. The Labute approximate surface area is 83.2 Å². The van der Waals surface area contributed by atoms with Crippen LogP contribution in [0.15, 0.2) is 0 Å². The van der Waals surface area contributed by atoms with E-state index in [1.165, 1.54) is 0 Å². The van der Waals surface area contributed by atoms with Gasteiger partial charge in [0.15, 0.2) is 0 Å². The molecule has 2 nitrogen and oxygen atoms in total. The number of alkyl halides is 1. The van der Waals surface area contributed by atoms with Crippen LogP contribution in [-0.4, -0.2) is 24.3 Å². The second kappa shape index (κ2) is 7.31. The number of ether oxygens (including phenoxy) is 1. The van der Waals surface area contributed by atoms with E-state index in [1.54, 1.807) is 7.11 Å². The van der Waals surface area contributed by atoms with Gasteiger partial charge in [0.05, 0.1) is 6.10 Å². The fourth-order valence-electron chi connectivity index (χ4n) is 1.05. The SMILES string of the molecule is COC(C)CC(C)CNCI. The zero-order chi connectivity index (χ0) is 8.69. The van der Waals surface area contributed by atoms with Crippen molar-refractivity contribution in [3.05, 3.63) is 0 Å². The summed E-state index contributed by atoms with van der Waals surface area (Å²) in [4.78, 5) is 0. The standard InChI is InChI=1S/C8H18INO/c1-7(5-10-6-9)4-8(2)11-3/h7-8,10H,4-6H2,1-3H3. The Bertz CT molecular complexity index is 90.2. The van der Waals surface area contributed by atoms with Gasteiger partial charge in [0, 0.05) is 11.7 Å². The van der Waals surface area contributed by atoms with E-state index in [4.69, 9.17) is 4.74 Å². The monoisotopic (exact) mass is 271 g/mol. The van der Waals surface area contributed by atoms with E-state index < -0.39 is 0 Å². The third kappa shape index (κ3) is 7.03. The zero-order valence-corrected chi connectivity index (χ0v) is 9.72. The van der Waals surface area contributed by atoms with Gasteiger partial charge in [0.25, 0.3) is 0 Å². The molecule has 0 spiro atoms. The molecule has 0 aliphatic rings. The molecule has 0 amide bonds. The summed E-state index contributed by atoms with van der Waals surface area (Å²) in [5.74, 6) is 0.708. The predicted octanol–water partition coefficient (Wildman–Crippen LogP) is 2.03. The molecule has 0 aliphatic heterocycles. The third-order valence-electron chi connectivity index (χ3n) is 1.72. The van der Waals surface area contributed by atoms with Crippen LogP contribution in [0.3, 0.4) is 0 Å². The van der Waals surface area contributed by atoms with E-state index in [1.807, 2.05) is 0 Å². The smallest absolute Gasteiger partial charge is 0.0546 e. The lowest BCUT2D eigenvalue weighted by molar-refractivity contribution is 0.0975. The molecule has 0 bridgehead atoms. The molecular formula is C8H18INO. The Hall–Kier alpha value is 0.650. The summed E-state index contributed by atoms with van der Waals surface area (Å²) < 4.78 is 6.20. The third-order valence-corrected chi connectivity index (χ3v) is 2.26. The highest BCUT2D eigenvalue weighted by atomic mass is 127. The van der Waals surface area contributed by atoms with E-state index in [0.29, 0.717) is 12.0 Å². The minimum atomic E-state index is 0.390. The first-order chi connectivity index (χ1) is 5.20. The van der Waals surface area contributed by atoms with Crippen molar-refractivity contribution in [3.8, 4) is 0 Å². The molecule has 68 valence electrons. The quantitative estimate of drug-likeness (QED) is 0.453. The molecule has 0 heterocycles. The highest BCUT2D eigenvalue weighted by molar-refractivity contribution is 14.1. The molecule has 11 heavy (non-hydrogen) atoms. The molecule has 0 aromatic rings. The average molecular weight is 271 g/mol. The van der Waals surface area contributed by atoms with Crippen molar-refractivity contribution in [1.82, 2.24) is 5.32 Å². The Balaban J connectivity index is 3.27. The largest absolute Gasteiger partial charge is 0.382 e. The van der Waals surface area contributed by atoms with Gasteiger partial charge >= 0.3 is 0 Å². The van der Waals surface area contributed by atoms with Gasteiger partial charge in [-0.2, -0.15) is 0 Å². The molecule has 1 N–H and O–H groups in total. The maximum Gasteiger partial charge on any atom is 0.0546 e. The summed E-state index contributed by atoms with van der Waals surface area (Å²) in [6, 6.07) is 0. The van der Waals surface area contributed by atoms with Crippen LogP contribution >= 0.6 is 22.6 Å². The lowest BCUT2D eigenvalue weighted by atomic mass is 10.1. The fourth-order valence-corrected chi connectivity index (χ4v) is 1.36. The molecular weight excluding hydrogens is 253 g/mol. The van der Waals surface area contributed by atoms with E-state index in [9.17, 15) is 0 Å². The number of halogens is 1. The van der Waals surface area contributed by atoms with Crippen molar-refractivity contribution < 1.29 is 4.74 Å². The molecule has 0 aromatic carbocycles. The van der Waals surface area contributed by atoms with Crippen molar-refractivity contribution in [1.29, 1.82) is 0 Å². The molecule has 0 rings (SSSR count). The van der Waals surface area contributed by atoms with Crippen LogP contribution < -0.4 is 5.32 Å². The van der Waals surface area contributed by atoms with Gasteiger partial charge in [0.2, 0.25) is 0 Å². The minimum absolute atomic E-state index is 0.390. The van der Waals surface area contributed by atoms with E-state index in [0.717, 1.165) is 17.5 Å². The second-order valence-corrected chi connectivity index (χ2v) is 3.74. The number of methoxy groups -OCH3 is 1. The summed E-state index contributed by atoms with van der Waals surface area (Å²) in [5.41, 5.74) is 0. The van der Waals surface area contributed by atoms with Crippen molar-refractivity contribution in [2.24, 2.45) is 5.92 Å². The Morgan fingerprint density at radius 3 is 2.55 bits per heavy atom. The number of hydrogen-bond acceptors (Lipinski definition) is 2. The van der Waals surface area contributed by atoms with Gasteiger partial charge in [-0.1, -0.05) is 29.5 Å². The van der Waals surface area contributed by atoms with E-state index in [2.05, 4.69) is 41.8 Å². The lowest BCUT2D eigenvalue weighted by Crippen LogP contribution is -2.22. The van der Waals surface area contributed by atoms with Crippen LogP contribution in [0.2, 0.25) is 0 Å². The Kier molecular flexibility index (Phi) is 7.74. The summed E-state index contributed by atoms with van der Waals surface area (Å²) in [6.45, 7) is 5.45. The first kappa shape index (κ1) is 11.6. The van der Waals surface area contributed by atoms with Crippen molar-refractivity contribution in [2.45, 2.75) is 26.4 Å². The highest BCUT2D eigenvalue weighted by Crippen LogP contribution is 2.06. The summed E-state index contributed by atoms with van der Waals surface area (Å²) in [6.07, 6.45) is 1.53. The first-order valence-corrected chi connectivity index (χ1v) is 5.52. The minimum Gasteiger partial charge on any atom is -0.382 e. The van der Waals surface area contributed by atoms with Crippen molar-refractivity contribution >= 4 is 22.6 Å². The normalized spacial score (nSPS) is 16.4. The van der Waals surface area contributed by atoms with Crippen molar-refractivity contribution in [3.63, 3.8) is 0 Å². The summed E-state index contributed by atoms with van der Waals surface area (Å²) in [5, 5.41) is 3.31. The zero-order valence-electron chi connectivity index (χ0n) is 7.56. The van der Waals surface area contributed by atoms with Crippen LogP contribution in [0.25, 0.3) is 0 Å². The molecule has 0 fully saturated rings. The van der Waals surface area contributed by atoms with Crippen LogP contribution in [0.5, 0.6) is 0 Å². The van der Waals surface area contributed by atoms with Gasteiger partial charge in [0.1, 0.15) is 0 Å².